The lowest BCUT2D eigenvalue weighted by Crippen LogP contribution is -2.10. The molecule has 2 heterocycles. The van der Waals surface area contributed by atoms with Gasteiger partial charge in [-0.3, -0.25) is 10.1 Å². The molecule has 0 saturated heterocycles. The summed E-state index contributed by atoms with van der Waals surface area (Å²) in [5.41, 5.74) is 2.41. The maximum absolute atomic E-state index is 5.25. The van der Waals surface area contributed by atoms with E-state index in [9.17, 15) is 0 Å². The monoisotopic (exact) mass is 300 g/mol. The fourth-order valence-corrected chi connectivity index (χ4v) is 2.30. The topological polar surface area (TPSA) is 81.7 Å². The van der Waals surface area contributed by atoms with E-state index in [4.69, 9.17) is 5.84 Å². The van der Waals surface area contributed by atoms with Crippen LogP contribution in [0.1, 0.15) is 0 Å². The molecule has 0 atom stereocenters. The highest BCUT2D eigenvalue weighted by atomic mass is 79.9. The Morgan fingerprint density at radius 3 is 2.94 bits per heavy atom. The number of aromatic nitrogens is 4. The Balaban J connectivity index is 2.26. The molecule has 8 heteroatoms. The highest BCUT2D eigenvalue weighted by molar-refractivity contribution is 9.10. The van der Waals surface area contributed by atoms with Crippen molar-refractivity contribution in [3.05, 3.63) is 23.1 Å². The third kappa shape index (κ3) is 2.52. The molecule has 2 aromatic heterocycles. The van der Waals surface area contributed by atoms with Crippen LogP contribution in [-0.2, 0) is 7.05 Å². The van der Waals surface area contributed by atoms with Gasteiger partial charge in [-0.15, -0.1) is 0 Å². The fraction of sp³-hybridized carbons (Fsp3) is 0.125. The Morgan fingerprint density at radius 1 is 1.50 bits per heavy atom. The van der Waals surface area contributed by atoms with Gasteiger partial charge in [0.25, 0.3) is 0 Å². The van der Waals surface area contributed by atoms with Gasteiger partial charge in [0.2, 0.25) is 5.95 Å². The summed E-state index contributed by atoms with van der Waals surface area (Å²) in [4.78, 5) is 9.21. The highest BCUT2D eigenvalue weighted by Gasteiger charge is 2.07. The molecule has 0 unspecified atom stereocenters. The molecular weight excluding hydrogens is 292 g/mol. The number of rotatable bonds is 3. The average molecular weight is 301 g/mol. The second-order valence-corrected chi connectivity index (χ2v) is 4.86. The number of hydrogen-bond acceptors (Lipinski definition) is 6. The number of nitrogens with one attached hydrogen (secondary N) is 1. The van der Waals surface area contributed by atoms with Gasteiger partial charge in [0.15, 0.2) is 0 Å². The average Bonchev–Trinajstić information content (AvgIpc) is 2.67. The lowest BCUT2D eigenvalue weighted by molar-refractivity contribution is 0.766. The minimum absolute atomic E-state index is 0.384. The predicted octanol–water partition coefficient (Wildman–Crippen LogP) is 1.41. The summed E-state index contributed by atoms with van der Waals surface area (Å²) in [7, 11) is 1.87. The van der Waals surface area contributed by atoms with Crippen LogP contribution in [0.3, 0.4) is 0 Å². The summed E-state index contributed by atoms with van der Waals surface area (Å²) in [6, 6.07) is 0. The zero-order chi connectivity index (χ0) is 11.5. The van der Waals surface area contributed by atoms with Crippen molar-refractivity contribution in [2.75, 3.05) is 5.43 Å². The minimum Gasteiger partial charge on any atom is -0.292 e. The number of halogens is 1. The summed E-state index contributed by atoms with van der Waals surface area (Å²) in [6.07, 6.45) is 5.34. The molecule has 0 aliphatic rings. The molecule has 3 N–H and O–H groups in total. The molecule has 0 radical (unpaired) electrons. The fourth-order valence-electron chi connectivity index (χ4n) is 1.06. The normalized spacial score (nSPS) is 10.4. The molecule has 2 aromatic rings. The smallest absolute Gasteiger partial charge is 0.238 e. The summed E-state index contributed by atoms with van der Waals surface area (Å²) in [5.74, 6) is 5.63. The molecule has 2 rings (SSSR count). The lowest BCUT2D eigenvalue weighted by Gasteiger charge is -2.03. The maximum atomic E-state index is 5.25. The van der Waals surface area contributed by atoms with E-state index in [2.05, 4.69) is 36.4 Å². The molecule has 0 amide bonds. The Hall–Kier alpha value is -1.12. The Morgan fingerprint density at radius 2 is 2.31 bits per heavy atom. The van der Waals surface area contributed by atoms with Crippen LogP contribution in [0.4, 0.5) is 5.95 Å². The second-order valence-electron chi connectivity index (χ2n) is 2.94. The van der Waals surface area contributed by atoms with Gasteiger partial charge in [0.1, 0.15) is 5.03 Å². The molecule has 0 saturated carbocycles. The number of hydrazine groups is 1. The molecule has 6 nitrogen and oxygen atoms in total. The van der Waals surface area contributed by atoms with Crippen molar-refractivity contribution < 1.29 is 0 Å². The van der Waals surface area contributed by atoms with Crippen molar-refractivity contribution in [2.45, 2.75) is 9.92 Å². The van der Waals surface area contributed by atoms with Crippen LogP contribution in [0.15, 0.2) is 33.0 Å². The number of aryl methyl sites for hydroxylation is 1. The zero-order valence-corrected chi connectivity index (χ0v) is 10.8. The summed E-state index contributed by atoms with van der Waals surface area (Å²) in [6.45, 7) is 0. The first kappa shape index (κ1) is 11.4. The molecule has 16 heavy (non-hydrogen) atoms. The van der Waals surface area contributed by atoms with E-state index in [1.807, 2.05) is 13.2 Å². The van der Waals surface area contributed by atoms with Crippen molar-refractivity contribution in [2.24, 2.45) is 12.9 Å². The van der Waals surface area contributed by atoms with E-state index in [1.165, 1.54) is 11.8 Å². The van der Waals surface area contributed by atoms with Gasteiger partial charge in [-0.25, -0.2) is 15.8 Å². The molecule has 0 aromatic carbocycles. The van der Waals surface area contributed by atoms with Crippen molar-refractivity contribution in [1.82, 2.24) is 19.7 Å². The Labute approximate surface area is 105 Å². The second kappa shape index (κ2) is 4.81. The minimum atomic E-state index is 0.384. The van der Waals surface area contributed by atoms with Crippen molar-refractivity contribution >= 4 is 33.6 Å². The molecule has 0 spiro atoms. The Kier molecular flexibility index (Phi) is 3.42. The molecule has 0 aliphatic carbocycles. The van der Waals surface area contributed by atoms with Gasteiger partial charge < -0.3 is 0 Å². The van der Waals surface area contributed by atoms with E-state index < -0.39 is 0 Å². The van der Waals surface area contributed by atoms with E-state index >= 15 is 0 Å². The number of hydrogen-bond donors (Lipinski definition) is 2. The zero-order valence-electron chi connectivity index (χ0n) is 8.38. The van der Waals surface area contributed by atoms with Gasteiger partial charge >= 0.3 is 0 Å². The van der Waals surface area contributed by atoms with Crippen LogP contribution in [0.5, 0.6) is 0 Å². The number of nitrogens with zero attached hydrogens (tertiary/aromatic N) is 4. The van der Waals surface area contributed by atoms with Crippen LogP contribution in [0.2, 0.25) is 0 Å². The van der Waals surface area contributed by atoms with Crippen LogP contribution >= 0.6 is 27.7 Å². The first-order chi connectivity index (χ1) is 7.69. The first-order valence-electron chi connectivity index (χ1n) is 4.34. The van der Waals surface area contributed by atoms with Crippen molar-refractivity contribution in [3.63, 3.8) is 0 Å². The number of nitrogen functional groups attached to an aromatic ring is 1. The third-order valence-electron chi connectivity index (χ3n) is 1.74. The van der Waals surface area contributed by atoms with Crippen molar-refractivity contribution in [1.29, 1.82) is 0 Å². The highest BCUT2D eigenvalue weighted by Crippen LogP contribution is 2.31. The number of anilines is 1. The van der Waals surface area contributed by atoms with Gasteiger partial charge in [-0.1, -0.05) is 11.8 Å². The maximum Gasteiger partial charge on any atom is 0.238 e. The van der Waals surface area contributed by atoms with Gasteiger partial charge in [0.05, 0.1) is 15.6 Å². The van der Waals surface area contributed by atoms with Crippen molar-refractivity contribution in [3.8, 4) is 0 Å². The van der Waals surface area contributed by atoms with Crippen LogP contribution in [-0.4, -0.2) is 19.7 Å². The molecule has 0 bridgehead atoms. The first-order valence-corrected chi connectivity index (χ1v) is 5.95. The summed E-state index contributed by atoms with van der Waals surface area (Å²) in [5, 5.41) is 4.87. The molecule has 0 fully saturated rings. The SMILES string of the molecule is Cn1cc(Sc2nc(NN)ncc2Br)cn1. The molecule has 0 aliphatic heterocycles. The molecule has 84 valence electrons. The third-order valence-corrected chi connectivity index (χ3v) is 3.53. The van der Waals surface area contributed by atoms with Crippen LogP contribution in [0, 0.1) is 0 Å². The van der Waals surface area contributed by atoms with Gasteiger partial charge in [-0.2, -0.15) is 5.10 Å². The summed E-state index contributed by atoms with van der Waals surface area (Å²) >= 11 is 4.87. The standard InChI is InChI=1S/C8H9BrN6S/c1-15-4-5(2-12-15)16-7-6(9)3-11-8(13-7)14-10/h2-4H,10H2,1H3,(H,11,13,14). The lowest BCUT2D eigenvalue weighted by atomic mass is 10.7. The Bertz CT molecular complexity index is 499. The van der Waals surface area contributed by atoms with E-state index in [-0.39, 0.29) is 0 Å². The van der Waals surface area contributed by atoms with Gasteiger partial charge in [-0.05, 0) is 15.9 Å². The van der Waals surface area contributed by atoms with E-state index in [0.717, 1.165) is 14.4 Å². The van der Waals surface area contributed by atoms with Crippen LogP contribution in [0.25, 0.3) is 0 Å². The van der Waals surface area contributed by atoms with Crippen LogP contribution < -0.4 is 11.3 Å². The van der Waals surface area contributed by atoms with Gasteiger partial charge in [0, 0.05) is 19.4 Å². The van der Waals surface area contributed by atoms with E-state index in [0.29, 0.717) is 5.95 Å². The summed E-state index contributed by atoms with van der Waals surface area (Å²) < 4.78 is 2.56. The number of nitrogens with two attached hydrogens (primary N) is 1. The predicted molar refractivity (Wildman–Crippen MR) is 64.9 cm³/mol. The largest absolute Gasteiger partial charge is 0.292 e. The van der Waals surface area contributed by atoms with E-state index in [1.54, 1.807) is 17.1 Å². The molecular formula is C8H9BrN6S. The quantitative estimate of drug-likeness (QED) is 0.507.